The molecule has 2 amide bonds. The fourth-order valence-corrected chi connectivity index (χ4v) is 3.92. The molecule has 0 atom stereocenters. The third-order valence-corrected chi connectivity index (χ3v) is 5.66. The lowest BCUT2D eigenvalue weighted by Gasteiger charge is -2.37. The van der Waals surface area contributed by atoms with Crippen LogP contribution in [0.25, 0.3) is 11.4 Å². The Hall–Kier alpha value is -2.55. The highest BCUT2D eigenvalue weighted by Crippen LogP contribution is 2.30. The molecule has 2 N–H and O–H groups in total. The Morgan fingerprint density at radius 3 is 2.43 bits per heavy atom. The molecule has 30 heavy (non-hydrogen) atoms. The topological polar surface area (TPSA) is 64.3 Å². The number of amides is 2. The molecule has 9 heteroatoms. The van der Waals surface area contributed by atoms with Crippen LogP contribution in [0.15, 0.2) is 24.3 Å². The van der Waals surface area contributed by atoms with Crippen LogP contribution >= 0.6 is 0 Å². The highest BCUT2D eigenvalue weighted by atomic mass is 19.4. The van der Waals surface area contributed by atoms with E-state index < -0.39 is 11.7 Å². The summed E-state index contributed by atoms with van der Waals surface area (Å²) in [5.74, 6) is 0.572. The largest absolute Gasteiger partial charge is 0.416 e. The number of nitrogens with zero attached hydrogens (tertiary/aromatic N) is 3. The second-order valence-corrected chi connectivity index (χ2v) is 7.58. The van der Waals surface area contributed by atoms with Gasteiger partial charge in [-0.1, -0.05) is 12.1 Å². The highest BCUT2D eigenvalue weighted by Gasteiger charge is 2.30. The molecule has 164 valence electrons. The lowest BCUT2D eigenvalue weighted by atomic mass is 10.0. The number of H-pyrrole nitrogens is 1. The van der Waals surface area contributed by atoms with Crippen LogP contribution in [-0.4, -0.2) is 58.5 Å². The maximum atomic E-state index is 12.8. The smallest absolute Gasteiger partial charge is 0.342 e. The summed E-state index contributed by atoms with van der Waals surface area (Å²) in [4.78, 5) is 24.0. The number of imidazole rings is 1. The number of aromatic nitrogens is 2. The molecule has 0 aliphatic carbocycles. The van der Waals surface area contributed by atoms with Crippen molar-refractivity contribution < 1.29 is 18.0 Å². The number of benzene rings is 1. The first-order valence-electron chi connectivity index (χ1n) is 10.2. The molecule has 2 heterocycles. The zero-order valence-electron chi connectivity index (χ0n) is 17.5. The predicted octanol–water partition coefficient (Wildman–Crippen LogP) is 4.03. The number of rotatable bonds is 5. The van der Waals surface area contributed by atoms with E-state index in [1.165, 1.54) is 12.1 Å². The van der Waals surface area contributed by atoms with Gasteiger partial charge in [-0.05, 0) is 38.8 Å². The van der Waals surface area contributed by atoms with Crippen molar-refractivity contribution in [2.75, 3.05) is 26.7 Å². The van der Waals surface area contributed by atoms with Crippen LogP contribution in [0.3, 0.4) is 0 Å². The van der Waals surface area contributed by atoms with Crippen LogP contribution in [0.1, 0.15) is 36.7 Å². The first kappa shape index (κ1) is 22.1. The average molecular weight is 423 g/mol. The van der Waals surface area contributed by atoms with E-state index in [0.717, 1.165) is 49.5 Å². The first-order valence-corrected chi connectivity index (χ1v) is 10.2. The molecule has 0 bridgehead atoms. The molecule has 6 nitrogen and oxygen atoms in total. The fourth-order valence-electron chi connectivity index (χ4n) is 3.92. The summed E-state index contributed by atoms with van der Waals surface area (Å²) in [5, 5.41) is 2.70. The van der Waals surface area contributed by atoms with Gasteiger partial charge in [0.05, 0.1) is 11.3 Å². The Morgan fingerprint density at radius 1 is 1.27 bits per heavy atom. The van der Waals surface area contributed by atoms with E-state index in [4.69, 9.17) is 0 Å². The number of nitrogens with one attached hydrogen (secondary N) is 2. The van der Waals surface area contributed by atoms with Crippen LogP contribution in [0, 0.1) is 6.92 Å². The zero-order chi connectivity index (χ0) is 21.9. The molecular formula is C21H28F3N5O. The number of aryl methyl sites for hydroxylation is 1. The van der Waals surface area contributed by atoms with Gasteiger partial charge in [0, 0.05) is 50.5 Å². The summed E-state index contributed by atoms with van der Waals surface area (Å²) in [6.45, 7) is 6.98. The third-order valence-electron chi connectivity index (χ3n) is 5.66. The number of alkyl halides is 3. The van der Waals surface area contributed by atoms with Crippen LogP contribution in [0.4, 0.5) is 18.0 Å². The number of likely N-dealkylation sites (tertiary alicyclic amines) is 1. The number of carbonyl (C=O) groups excluding carboxylic acids is 1. The van der Waals surface area contributed by atoms with E-state index in [9.17, 15) is 18.0 Å². The Kier molecular flexibility index (Phi) is 6.70. The van der Waals surface area contributed by atoms with Gasteiger partial charge in [0.2, 0.25) is 0 Å². The van der Waals surface area contributed by atoms with Gasteiger partial charge in [-0.25, -0.2) is 9.78 Å². The Bertz CT molecular complexity index is 855. The molecule has 2 aromatic rings. The number of carbonyl (C=O) groups is 1. The van der Waals surface area contributed by atoms with Gasteiger partial charge in [-0.3, -0.25) is 4.90 Å². The van der Waals surface area contributed by atoms with Crippen molar-refractivity contribution in [1.29, 1.82) is 0 Å². The molecule has 0 unspecified atom stereocenters. The molecule has 0 radical (unpaired) electrons. The van der Waals surface area contributed by atoms with Crippen molar-refractivity contribution in [2.45, 2.75) is 45.5 Å². The predicted molar refractivity (Wildman–Crippen MR) is 109 cm³/mol. The lowest BCUT2D eigenvalue weighted by molar-refractivity contribution is -0.137. The molecule has 1 fully saturated rings. The van der Waals surface area contributed by atoms with E-state index in [1.54, 1.807) is 7.05 Å². The number of hydrogen-bond donors (Lipinski definition) is 2. The SMILES string of the molecule is CCN(C(=O)NC)C1CCN(Cc2nc(-c3ccc(C(F)(F)F)cc3)[nH]c2C)CC1. The summed E-state index contributed by atoms with van der Waals surface area (Å²) >= 11 is 0. The minimum Gasteiger partial charge on any atom is -0.342 e. The van der Waals surface area contributed by atoms with Gasteiger partial charge in [0.1, 0.15) is 5.82 Å². The maximum Gasteiger partial charge on any atom is 0.416 e. The standard InChI is InChI=1S/C21H28F3N5O/c1-4-29(20(30)25-3)17-9-11-28(12-10-17)13-18-14(2)26-19(27-18)15-5-7-16(8-6-15)21(22,23)24/h5-8,17H,4,9-13H2,1-3H3,(H,25,30)(H,26,27). The number of hydrogen-bond acceptors (Lipinski definition) is 3. The molecule has 0 saturated carbocycles. The summed E-state index contributed by atoms with van der Waals surface area (Å²) in [5.41, 5.74) is 1.75. The summed E-state index contributed by atoms with van der Waals surface area (Å²) in [6, 6.07) is 5.21. The molecule has 1 aliphatic heterocycles. The summed E-state index contributed by atoms with van der Waals surface area (Å²) < 4.78 is 38.3. The minimum atomic E-state index is -4.35. The quantitative estimate of drug-likeness (QED) is 0.763. The van der Waals surface area contributed by atoms with Crippen molar-refractivity contribution in [1.82, 2.24) is 25.1 Å². The monoisotopic (exact) mass is 423 g/mol. The van der Waals surface area contributed by atoms with Gasteiger partial charge in [-0.15, -0.1) is 0 Å². The molecular weight excluding hydrogens is 395 g/mol. The fraction of sp³-hybridized carbons (Fsp3) is 0.524. The average Bonchev–Trinajstić information content (AvgIpc) is 3.09. The van der Waals surface area contributed by atoms with E-state index in [2.05, 4.69) is 20.2 Å². The van der Waals surface area contributed by atoms with Crippen molar-refractivity contribution >= 4 is 6.03 Å². The van der Waals surface area contributed by atoms with E-state index >= 15 is 0 Å². The second-order valence-electron chi connectivity index (χ2n) is 7.58. The van der Waals surface area contributed by atoms with Gasteiger partial charge in [0.25, 0.3) is 0 Å². The third kappa shape index (κ3) is 4.95. The van der Waals surface area contributed by atoms with Crippen LogP contribution in [-0.2, 0) is 12.7 Å². The minimum absolute atomic E-state index is 0.0414. The lowest BCUT2D eigenvalue weighted by Crippen LogP contribution is -2.49. The van der Waals surface area contributed by atoms with E-state index in [-0.39, 0.29) is 12.1 Å². The van der Waals surface area contributed by atoms with Gasteiger partial charge < -0.3 is 15.2 Å². The van der Waals surface area contributed by atoms with Crippen LogP contribution < -0.4 is 5.32 Å². The number of piperidine rings is 1. The van der Waals surface area contributed by atoms with Crippen molar-refractivity contribution in [3.63, 3.8) is 0 Å². The molecule has 3 rings (SSSR count). The molecule has 0 spiro atoms. The van der Waals surface area contributed by atoms with Crippen molar-refractivity contribution in [2.24, 2.45) is 0 Å². The van der Waals surface area contributed by atoms with Crippen LogP contribution in [0.2, 0.25) is 0 Å². The Balaban J connectivity index is 1.62. The van der Waals surface area contributed by atoms with Crippen molar-refractivity contribution in [3.05, 3.63) is 41.2 Å². The summed E-state index contributed by atoms with van der Waals surface area (Å²) in [7, 11) is 1.65. The molecule has 1 aromatic carbocycles. The van der Waals surface area contributed by atoms with Crippen LogP contribution in [0.5, 0.6) is 0 Å². The first-order chi connectivity index (χ1) is 14.2. The summed E-state index contributed by atoms with van der Waals surface area (Å²) in [6.07, 6.45) is -2.55. The van der Waals surface area contributed by atoms with Gasteiger partial charge >= 0.3 is 12.2 Å². The second kappa shape index (κ2) is 9.07. The van der Waals surface area contributed by atoms with E-state index in [1.807, 2.05) is 18.7 Å². The molecule has 1 aliphatic rings. The number of aromatic amines is 1. The normalized spacial score (nSPS) is 15.9. The van der Waals surface area contributed by atoms with E-state index in [0.29, 0.717) is 24.5 Å². The maximum absolute atomic E-state index is 12.8. The highest BCUT2D eigenvalue weighted by molar-refractivity contribution is 5.74. The van der Waals surface area contributed by atoms with Gasteiger partial charge in [0.15, 0.2) is 0 Å². The molecule has 1 aromatic heterocycles. The zero-order valence-corrected chi connectivity index (χ0v) is 17.5. The Morgan fingerprint density at radius 2 is 1.90 bits per heavy atom. The number of urea groups is 1. The van der Waals surface area contributed by atoms with Crippen molar-refractivity contribution in [3.8, 4) is 11.4 Å². The molecule has 1 saturated heterocycles. The van der Waals surface area contributed by atoms with Gasteiger partial charge in [-0.2, -0.15) is 13.2 Å². The Labute approximate surface area is 174 Å². The number of halogens is 3.